The van der Waals surface area contributed by atoms with E-state index < -0.39 is 0 Å². The van der Waals surface area contributed by atoms with Crippen LogP contribution in [-0.4, -0.2) is 53.2 Å². The number of anilines is 1. The molecule has 1 unspecified atom stereocenters. The number of amides is 1. The molecule has 2 atom stereocenters. The molecule has 4 aromatic rings. The number of nitrogens with zero attached hydrogens (tertiary/aromatic N) is 3. The summed E-state index contributed by atoms with van der Waals surface area (Å²) >= 11 is 1.46. The molecule has 0 bridgehead atoms. The molecule has 1 aliphatic rings. The Morgan fingerprint density at radius 3 is 3.00 bits per heavy atom. The number of carbonyl (C=O) groups excluding carboxylic acids is 1. The number of methoxy groups -OCH3 is 1. The van der Waals surface area contributed by atoms with Crippen molar-refractivity contribution in [3.63, 3.8) is 0 Å². The molecule has 1 amide bonds. The minimum absolute atomic E-state index is 0.0773. The van der Waals surface area contributed by atoms with Crippen LogP contribution in [0.5, 0.6) is 0 Å². The number of thiazole rings is 1. The molecule has 3 heterocycles. The Balaban J connectivity index is 1.27. The molecule has 2 aromatic heterocycles. The molecule has 0 saturated carbocycles. The van der Waals surface area contributed by atoms with Crippen molar-refractivity contribution in [1.82, 2.24) is 14.5 Å². The van der Waals surface area contributed by atoms with E-state index in [2.05, 4.69) is 15.6 Å². The Hall–Kier alpha value is -3.01. The van der Waals surface area contributed by atoms with Crippen LogP contribution in [0, 0.1) is 5.82 Å². The van der Waals surface area contributed by atoms with E-state index in [9.17, 15) is 9.18 Å². The van der Waals surface area contributed by atoms with Crippen molar-refractivity contribution in [1.29, 1.82) is 0 Å². The van der Waals surface area contributed by atoms with Gasteiger partial charge in [-0.1, -0.05) is 23.5 Å². The Morgan fingerprint density at radius 1 is 1.30 bits per heavy atom. The van der Waals surface area contributed by atoms with Crippen LogP contribution < -0.4 is 11.5 Å². The number of nitrogens with two attached hydrogens (primary N) is 2. The maximum Gasteiger partial charge on any atom is 0.224 e. The van der Waals surface area contributed by atoms with Crippen LogP contribution in [0.25, 0.3) is 21.1 Å². The molecule has 0 aliphatic carbocycles. The molecule has 5 rings (SSSR count). The van der Waals surface area contributed by atoms with Crippen molar-refractivity contribution in [2.24, 2.45) is 5.73 Å². The lowest BCUT2D eigenvalue weighted by Crippen LogP contribution is -2.42. The quantitative estimate of drug-likeness (QED) is 0.311. The lowest BCUT2D eigenvalue weighted by molar-refractivity contribution is -0.132. The van der Waals surface area contributed by atoms with Gasteiger partial charge in [-0.15, -0.1) is 0 Å². The molecule has 37 heavy (non-hydrogen) atoms. The number of fused-ring (bicyclic) bond motifs is 2. The van der Waals surface area contributed by atoms with Crippen LogP contribution >= 0.6 is 11.3 Å². The summed E-state index contributed by atoms with van der Waals surface area (Å²) in [5.41, 5.74) is 16.2. The molecular formula is C28H34FN5O2S. The molecule has 0 spiro atoms. The van der Waals surface area contributed by atoms with Gasteiger partial charge in [0.25, 0.3) is 0 Å². The molecule has 2 aromatic carbocycles. The molecule has 1 aliphatic heterocycles. The van der Waals surface area contributed by atoms with Crippen LogP contribution in [-0.2, 0) is 22.5 Å². The van der Waals surface area contributed by atoms with E-state index in [1.807, 2.05) is 29.2 Å². The van der Waals surface area contributed by atoms with E-state index in [1.165, 1.54) is 17.4 Å². The number of carbonyl (C=O) groups is 1. The Morgan fingerprint density at radius 2 is 2.16 bits per heavy atom. The van der Waals surface area contributed by atoms with Gasteiger partial charge < -0.3 is 25.7 Å². The smallest absolute Gasteiger partial charge is 0.224 e. The molecular weight excluding hydrogens is 489 g/mol. The normalized spacial score (nSPS) is 17.1. The number of hydrogen-bond acceptors (Lipinski definition) is 6. The third-order valence-corrected chi connectivity index (χ3v) is 8.10. The van der Waals surface area contributed by atoms with Crippen LogP contribution in [0.15, 0.2) is 42.5 Å². The summed E-state index contributed by atoms with van der Waals surface area (Å²) in [7, 11) is 1.69. The monoisotopic (exact) mass is 523 g/mol. The van der Waals surface area contributed by atoms with Crippen LogP contribution in [0.3, 0.4) is 0 Å². The number of rotatable bonds is 9. The van der Waals surface area contributed by atoms with E-state index in [4.69, 9.17) is 16.2 Å². The zero-order valence-corrected chi connectivity index (χ0v) is 22.0. The number of benzene rings is 2. The number of aromatic nitrogens is 2. The highest BCUT2D eigenvalue weighted by Gasteiger charge is 2.28. The zero-order chi connectivity index (χ0) is 25.9. The van der Waals surface area contributed by atoms with Gasteiger partial charge in [0.15, 0.2) is 5.13 Å². The average molecular weight is 524 g/mol. The van der Waals surface area contributed by atoms with Gasteiger partial charge >= 0.3 is 0 Å². The second-order valence-electron chi connectivity index (χ2n) is 9.94. The number of nitrogen functional groups attached to an aromatic ring is 1. The van der Waals surface area contributed by atoms with Gasteiger partial charge in [0.05, 0.1) is 15.7 Å². The summed E-state index contributed by atoms with van der Waals surface area (Å²) < 4.78 is 23.1. The lowest BCUT2D eigenvalue weighted by atomic mass is 9.93. The standard InChI is InChI=1S/C28H34FN5O2S/c1-36-12-4-11-34-24-7-2-6-22(29)21(24)16-25(34)19-5-3-10-33(17-19)27(35)15-20(30)13-18-8-9-23-26(14-18)37-28(31)32-23/h2,6-9,14,16,19-20H,3-5,10-13,15,17,30H2,1H3,(H2,31,32)/t19?,20-/m1/s1. The van der Waals surface area contributed by atoms with Crippen molar-refractivity contribution in [3.8, 4) is 0 Å². The maximum atomic E-state index is 14.6. The van der Waals surface area contributed by atoms with Crippen molar-refractivity contribution < 1.29 is 13.9 Å². The predicted molar refractivity (Wildman–Crippen MR) is 147 cm³/mol. The van der Waals surface area contributed by atoms with Crippen molar-refractivity contribution >= 4 is 43.5 Å². The van der Waals surface area contributed by atoms with Gasteiger partial charge in [0, 0.05) is 62.8 Å². The molecule has 7 nitrogen and oxygen atoms in total. The number of halogens is 1. The minimum Gasteiger partial charge on any atom is -0.385 e. The largest absolute Gasteiger partial charge is 0.385 e. The van der Waals surface area contributed by atoms with Gasteiger partial charge in [-0.25, -0.2) is 9.37 Å². The fraction of sp³-hybridized carbons (Fsp3) is 0.429. The highest BCUT2D eigenvalue weighted by molar-refractivity contribution is 7.22. The first-order valence-electron chi connectivity index (χ1n) is 12.9. The van der Waals surface area contributed by atoms with Gasteiger partial charge in [-0.2, -0.15) is 0 Å². The lowest BCUT2D eigenvalue weighted by Gasteiger charge is -2.34. The maximum absolute atomic E-state index is 14.6. The highest BCUT2D eigenvalue weighted by Crippen LogP contribution is 2.33. The van der Waals surface area contributed by atoms with Crippen molar-refractivity contribution in [3.05, 3.63) is 59.5 Å². The average Bonchev–Trinajstić information content (AvgIpc) is 3.44. The third kappa shape index (κ3) is 5.63. The van der Waals surface area contributed by atoms with E-state index in [-0.39, 0.29) is 23.7 Å². The van der Waals surface area contributed by atoms with Gasteiger partial charge in [0.1, 0.15) is 5.82 Å². The molecule has 196 valence electrons. The molecule has 1 fully saturated rings. The second kappa shape index (κ2) is 11.2. The van der Waals surface area contributed by atoms with Crippen molar-refractivity contribution in [2.75, 3.05) is 32.5 Å². The Labute approximate surface area is 220 Å². The van der Waals surface area contributed by atoms with Gasteiger partial charge in [0.2, 0.25) is 5.91 Å². The summed E-state index contributed by atoms with van der Waals surface area (Å²) in [5, 5.41) is 1.19. The summed E-state index contributed by atoms with van der Waals surface area (Å²) in [6.07, 6.45) is 3.63. The summed E-state index contributed by atoms with van der Waals surface area (Å²) in [6.45, 7) is 2.75. The minimum atomic E-state index is -0.273. The molecule has 0 radical (unpaired) electrons. The van der Waals surface area contributed by atoms with Crippen LogP contribution in [0.1, 0.15) is 42.9 Å². The first kappa shape index (κ1) is 25.6. The third-order valence-electron chi connectivity index (χ3n) is 7.25. The molecule has 1 saturated heterocycles. The predicted octanol–water partition coefficient (Wildman–Crippen LogP) is 4.67. The van der Waals surface area contributed by atoms with Crippen LogP contribution in [0.2, 0.25) is 0 Å². The van der Waals surface area contributed by atoms with Crippen molar-refractivity contribution in [2.45, 2.75) is 50.6 Å². The molecule has 4 N–H and O–H groups in total. The summed E-state index contributed by atoms with van der Waals surface area (Å²) in [4.78, 5) is 19.5. The van der Waals surface area contributed by atoms with E-state index in [0.717, 1.165) is 59.3 Å². The fourth-order valence-corrected chi connectivity index (χ4v) is 6.31. The topological polar surface area (TPSA) is 99.4 Å². The van der Waals surface area contributed by atoms with E-state index in [0.29, 0.717) is 36.5 Å². The number of aryl methyl sites for hydroxylation is 1. The first-order valence-corrected chi connectivity index (χ1v) is 13.7. The zero-order valence-electron chi connectivity index (χ0n) is 21.2. The number of piperidine rings is 1. The fourth-order valence-electron chi connectivity index (χ4n) is 5.51. The number of ether oxygens (including phenoxy) is 1. The van der Waals surface area contributed by atoms with Gasteiger partial charge in [-0.05, 0) is 61.6 Å². The van der Waals surface area contributed by atoms with E-state index >= 15 is 0 Å². The highest BCUT2D eigenvalue weighted by atomic mass is 32.1. The first-order chi connectivity index (χ1) is 17.9. The Bertz CT molecular complexity index is 1400. The SMILES string of the molecule is COCCCn1c(C2CCCN(C(=O)C[C@H](N)Cc3ccc4nc(N)sc4c3)C2)cc2c(F)cccc21. The second-order valence-corrected chi connectivity index (χ2v) is 11.0. The number of likely N-dealkylation sites (tertiary alicyclic amines) is 1. The summed E-state index contributed by atoms with van der Waals surface area (Å²) in [5.74, 6) is 0.0224. The Kier molecular flexibility index (Phi) is 7.73. The number of hydrogen-bond donors (Lipinski definition) is 2. The van der Waals surface area contributed by atoms with Gasteiger partial charge in [-0.3, -0.25) is 4.79 Å². The van der Waals surface area contributed by atoms with E-state index in [1.54, 1.807) is 13.2 Å². The summed E-state index contributed by atoms with van der Waals surface area (Å²) in [6, 6.07) is 13.0. The van der Waals surface area contributed by atoms with Crippen LogP contribution in [0.4, 0.5) is 9.52 Å². The molecule has 9 heteroatoms.